The fourth-order valence-electron chi connectivity index (χ4n) is 5.88. The van der Waals surface area contributed by atoms with Crippen LogP contribution in [0.25, 0.3) is 0 Å². The highest BCUT2D eigenvalue weighted by Gasteiger charge is 2.60. The van der Waals surface area contributed by atoms with Crippen LogP contribution in [0.5, 0.6) is 0 Å². The highest BCUT2D eigenvalue weighted by atomic mass is 35.5. The van der Waals surface area contributed by atoms with E-state index in [-0.39, 0.29) is 39.7 Å². The standard InChI is InChI=1S/C27H24ClF3N2O5S/c28-19-7-3-14(26(35)33-17-6-8-20(29)22(31)13-17)10-23(19)39(37,38)18-11-15-4-5-16(12-18)27(15,36)25(34)24-21(30)2-1-9-32-24/h1-3,6-10,13,15-16,18,25,34,36H,4-5,11-12H2,(H,33,35)/t15?,16?,18-,25?,27-. The van der Waals surface area contributed by atoms with Crippen LogP contribution in [0.15, 0.2) is 59.6 Å². The zero-order valence-electron chi connectivity index (χ0n) is 20.3. The van der Waals surface area contributed by atoms with Crippen molar-refractivity contribution in [2.45, 2.75) is 47.5 Å². The van der Waals surface area contributed by atoms with Crippen molar-refractivity contribution in [1.29, 1.82) is 0 Å². The SMILES string of the molecule is O=C(Nc1ccc(F)c(F)c1)c1ccc(Cl)c(S(=O)(=O)[C@H]2CC3CCC(C2)[C@]3(O)C(O)c2ncccc2F)c1. The number of aliphatic hydroxyl groups excluding tert-OH is 1. The molecule has 1 amide bonds. The van der Waals surface area contributed by atoms with Gasteiger partial charge in [-0.2, -0.15) is 0 Å². The van der Waals surface area contributed by atoms with Gasteiger partial charge < -0.3 is 15.5 Å². The van der Waals surface area contributed by atoms with E-state index in [4.69, 9.17) is 11.6 Å². The fourth-order valence-corrected chi connectivity index (χ4v) is 8.28. The summed E-state index contributed by atoms with van der Waals surface area (Å²) in [4.78, 5) is 16.4. The van der Waals surface area contributed by atoms with E-state index in [1.54, 1.807) is 0 Å². The van der Waals surface area contributed by atoms with Crippen molar-refractivity contribution in [3.63, 3.8) is 0 Å². The number of anilines is 1. The number of nitrogens with one attached hydrogen (secondary N) is 1. The predicted octanol–water partition coefficient (Wildman–Crippen LogP) is 4.83. The Morgan fingerprint density at radius 2 is 1.72 bits per heavy atom. The number of halogens is 4. The van der Waals surface area contributed by atoms with Crippen LogP contribution in [0.4, 0.5) is 18.9 Å². The third-order valence-corrected chi connectivity index (χ3v) is 10.5. The minimum atomic E-state index is -4.11. The average molecular weight is 581 g/mol. The molecule has 1 heterocycles. The van der Waals surface area contributed by atoms with Crippen molar-refractivity contribution >= 4 is 33.0 Å². The molecule has 0 radical (unpaired) electrons. The Morgan fingerprint density at radius 1 is 1.03 bits per heavy atom. The first-order valence-corrected chi connectivity index (χ1v) is 14.2. The van der Waals surface area contributed by atoms with Gasteiger partial charge in [0.25, 0.3) is 5.91 Å². The summed E-state index contributed by atoms with van der Waals surface area (Å²) in [5.41, 5.74) is -2.14. The number of aromatic nitrogens is 1. The van der Waals surface area contributed by atoms with Crippen LogP contribution in [0.1, 0.15) is 47.8 Å². The number of sulfone groups is 1. The summed E-state index contributed by atoms with van der Waals surface area (Å²) >= 11 is 6.25. The van der Waals surface area contributed by atoms with E-state index in [1.807, 2.05) is 0 Å². The van der Waals surface area contributed by atoms with Crippen LogP contribution in [-0.2, 0) is 9.84 Å². The lowest BCUT2D eigenvalue weighted by Crippen LogP contribution is -2.52. The fraction of sp³-hybridized carbons (Fsp3) is 0.333. The van der Waals surface area contributed by atoms with Gasteiger partial charge >= 0.3 is 0 Å². The van der Waals surface area contributed by atoms with Crippen LogP contribution >= 0.6 is 11.6 Å². The summed E-state index contributed by atoms with van der Waals surface area (Å²) in [6.07, 6.45) is 0.518. The number of amides is 1. The van der Waals surface area contributed by atoms with Gasteiger partial charge in [-0.3, -0.25) is 9.78 Å². The number of pyridine rings is 1. The van der Waals surface area contributed by atoms with Crippen LogP contribution in [0.3, 0.4) is 0 Å². The lowest BCUT2D eigenvalue weighted by atomic mass is 9.70. The van der Waals surface area contributed by atoms with Crippen molar-refractivity contribution in [1.82, 2.24) is 4.98 Å². The quantitative estimate of drug-likeness (QED) is 0.384. The third kappa shape index (κ3) is 4.82. The number of carbonyl (C=O) groups excluding carboxylic acids is 1. The van der Waals surface area contributed by atoms with Crippen LogP contribution in [0, 0.1) is 29.3 Å². The van der Waals surface area contributed by atoms with E-state index < -0.39 is 62.0 Å². The van der Waals surface area contributed by atoms with Gasteiger partial charge in [-0.1, -0.05) is 11.6 Å². The van der Waals surface area contributed by atoms with Gasteiger partial charge in [0.2, 0.25) is 0 Å². The zero-order chi connectivity index (χ0) is 28.1. The van der Waals surface area contributed by atoms with Crippen molar-refractivity contribution in [2.24, 2.45) is 11.8 Å². The second kappa shape index (κ2) is 10.2. The molecule has 0 aliphatic heterocycles. The number of carbonyl (C=O) groups is 1. The molecule has 2 aliphatic rings. The highest BCUT2D eigenvalue weighted by Crippen LogP contribution is 2.56. The monoisotopic (exact) mass is 580 g/mol. The summed E-state index contributed by atoms with van der Waals surface area (Å²) in [7, 11) is -4.11. The molecule has 3 atom stereocenters. The van der Waals surface area contributed by atoms with Crippen molar-refractivity contribution in [3.05, 3.63) is 88.5 Å². The Hall–Kier alpha value is -2.99. The first kappa shape index (κ1) is 27.6. The molecule has 3 aromatic rings. The second-order valence-corrected chi connectivity index (χ2v) is 12.6. The number of hydrogen-bond donors (Lipinski definition) is 3. The second-order valence-electron chi connectivity index (χ2n) is 10.00. The van der Waals surface area contributed by atoms with E-state index in [9.17, 15) is 36.6 Å². The molecule has 206 valence electrons. The van der Waals surface area contributed by atoms with Gasteiger partial charge in [0, 0.05) is 23.5 Å². The molecule has 2 bridgehead atoms. The smallest absolute Gasteiger partial charge is 0.255 e. The molecule has 39 heavy (non-hydrogen) atoms. The van der Waals surface area contributed by atoms with Crippen molar-refractivity contribution < 1.29 is 36.6 Å². The Balaban J connectivity index is 1.39. The third-order valence-electron chi connectivity index (χ3n) is 7.87. The molecule has 0 saturated heterocycles. The first-order chi connectivity index (χ1) is 18.4. The van der Waals surface area contributed by atoms with E-state index in [0.717, 1.165) is 30.3 Å². The van der Waals surface area contributed by atoms with Gasteiger partial charge in [-0.25, -0.2) is 21.6 Å². The van der Waals surface area contributed by atoms with Gasteiger partial charge in [0.15, 0.2) is 21.5 Å². The van der Waals surface area contributed by atoms with Gasteiger partial charge in [-0.15, -0.1) is 0 Å². The molecule has 0 spiro atoms. The summed E-state index contributed by atoms with van der Waals surface area (Å²) in [6.45, 7) is 0. The zero-order valence-corrected chi connectivity index (χ0v) is 21.9. The Morgan fingerprint density at radius 3 is 2.36 bits per heavy atom. The molecule has 2 aromatic carbocycles. The number of fused-ring (bicyclic) bond motifs is 2. The number of rotatable bonds is 6. The van der Waals surface area contributed by atoms with Gasteiger partial charge in [0.1, 0.15) is 23.2 Å². The summed E-state index contributed by atoms with van der Waals surface area (Å²) in [6, 6.07) is 8.98. The van der Waals surface area contributed by atoms with E-state index in [1.165, 1.54) is 24.4 Å². The van der Waals surface area contributed by atoms with E-state index in [2.05, 4.69) is 10.3 Å². The number of hydrogen-bond acceptors (Lipinski definition) is 6. The van der Waals surface area contributed by atoms with Crippen LogP contribution in [-0.4, -0.2) is 40.4 Å². The largest absolute Gasteiger partial charge is 0.386 e. The Labute approximate surface area is 227 Å². The molecule has 3 N–H and O–H groups in total. The molecular formula is C27H24ClF3N2O5S. The number of nitrogens with zero attached hydrogens (tertiary/aromatic N) is 1. The van der Waals surface area contributed by atoms with Crippen LogP contribution < -0.4 is 5.32 Å². The van der Waals surface area contributed by atoms with Gasteiger partial charge in [0.05, 0.1) is 15.2 Å². The molecule has 2 aliphatic carbocycles. The number of benzene rings is 2. The minimum Gasteiger partial charge on any atom is -0.386 e. The van der Waals surface area contributed by atoms with Crippen molar-refractivity contribution in [2.75, 3.05) is 5.32 Å². The molecule has 1 aromatic heterocycles. The maximum Gasteiger partial charge on any atom is 0.255 e. The minimum absolute atomic E-state index is 0.0115. The molecule has 2 fully saturated rings. The molecule has 7 nitrogen and oxygen atoms in total. The van der Waals surface area contributed by atoms with Gasteiger partial charge in [-0.05, 0) is 80.0 Å². The van der Waals surface area contributed by atoms with E-state index in [0.29, 0.717) is 12.8 Å². The van der Waals surface area contributed by atoms with E-state index >= 15 is 0 Å². The van der Waals surface area contributed by atoms with Crippen molar-refractivity contribution in [3.8, 4) is 0 Å². The lowest BCUT2D eigenvalue weighted by Gasteiger charge is -2.45. The molecule has 2 saturated carbocycles. The Kier molecular flexibility index (Phi) is 7.21. The molecule has 3 unspecified atom stereocenters. The lowest BCUT2D eigenvalue weighted by molar-refractivity contribution is -0.146. The summed E-state index contributed by atoms with van der Waals surface area (Å²) in [5, 5.41) is 23.8. The topological polar surface area (TPSA) is 117 Å². The Bertz CT molecular complexity index is 1540. The maximum atomic E-state index is 14.3. The summed E-state index contributed by atoms with van der Waals surface area (Å²) < 4.78 is 68.5. The van der Waals surface area contributed by atoms with Crippen LogP contribution in [0.2, 0.25) is 5.02 Å². The summed E-state index contributed by atoms with van der Waals surface area (Å²) in [5.74, 6) is -5.06. The predicted molar refractivity (Wildman–Crippen MR) is 136 cm³/mol. The molecule has 5 rings (SSSR count). The highest BCUT2D eigenvalue weighted by molar-refractivity contribution is 7.92. The normalized spacial score (nSPS) is 25.3. The molecular weight excluding hydrogens is 557 g/mol. The molecule has 12 heteroatoms. The first-order valence-electron chi connectivity index (χ1n) is 12.2. The average Bonchev–Trinajstić information content (AvgIpc) is 3.06. The maximum absolute atomic E-state index is 14.3. The number of aliphatic hydroxyl groups is 2.